The topological polar surface area (TPSA) is 18.5 Å². The van der Waals surface area contributed by atoms with Gasteiger partial charge in [-0.15, -0.1) is 0 Å². The van der Waals surface area contributed by atoms with Crippen LogP contribution in [-0.2, 0) is 9.31 Å². The first-order chi connectivity index (χ1) is 6.55. The molecule has 0 aromatic rings. The van der Waals surface area contributed by atoms with Gasteiger partial charge < -0.3 is 0 Å². The van der Waals surface area contributed by atoms with Crippen LogP contribution in [0.25, 0.3) is 0 Å². The van der Waals surface area contributed by atoms with E-state index in [1.807, 2.05) is 0 Å². The molecule has 0 amide bonds. The second-order valence-electron chi connectivity index (χ2n) is 6.38. The fourth-order valence-corrected chi connectivity index (χ4v) is 3.25. The normalized spacial score (nSPS) is 17.3. The van der Waals surface area contributed by atoms with E-state index in [1.54, 1.807) is 7.69 Å². The van der Waals surface area contributed by atoms with Crippen molar-refractivity contribution in [3.8, 4) is 0 Å². The Morgan fingerprint density at radius 2 is 1.00 bits per heavy atom. The molecule has 0 aliphatic rings. The van der Waals surface area contributed by atoms with Gasteiger partial charge in [0.1, 0.15) is 0 Å². The summed E-state index contributed by atoms with van der Waals surface area (Å²) < 4.78 is 12.1. The van der Waals surface area contributed by atoms with Crippen molar-refractivity contribution in [1.29, 1.82) is 0 Å². The van der Waals surface area contributed by atoms with Crippen molar-refractivity contribution >= 4 is 44.4 Å². The molecule has 0 fully saturated rings. The molecule has 0 saturated carbocycles. The summed E-state index contributed by atoms with van der Waals surface area (Å²) in [7, 11) is 1.60. The van der Waals surface area contributed by atoms with E-state index in [1.165, 1.54) is 0 Å². The zero-order valence-corrected chi connectivity index (χ0v) is 17.3. The minimum atomic E-state index is -1.89. The summed E-state index contributed by atoms with van der Waals surface area (Å²) in [6.07, 6.45) is 0. The summed E-state index contributed by atoms with van der Waals surface area (Å²) in [5.74, 6) is 0. The van der Waals surface area contributed by atoms with Crippen molar-refractivity contribution in [2.75, 3.05) is 0 Å². The van der Waals surface area contributed by atoms with Gasteiger partial charge in [-0.25, -0.2) is 0 Å². The van der Waals surface area contributed by atoms with Crippen molar-refractivity contribution in [1.82, 2.24) is 0 Å². The Morgan fingerprint density at radius 1 is 0.733 bits per heavy atom. The van der Waals surface area contributed by atoms with Crippen LogP contribution in [0, 0.1) is 0 Å². The van der Waals surface area contributed by atoms with Crippen LogP contribution >= 0.6 is 0 Å². The van der Waals surface area contributed by atoms with Crippen molar-refractivity contribution in [3.05, 3.63) is 0 Å². The predicted molar refractivity (Wildman–Crippen MR) is 73.5 cm³/mol. The molecule has 0 aliphatic heterocycles. The van der Waals surface area contributed by atoms with Gasteiger partial charge in [0.2, 0.25) is 0 Å². The summed E-state index contributed by atoms with van der Waals surface area (Å²) in [4.78, 5) is 14.2. The van der Waals surface area contributed by atoms with Gasteiger partial charge in [-0.1, -0.05) is 0 Å². The molecule has 2 nitrogen and oxygen atoms in total. The molecule has 2 unspecified atom stereocenters. The summed E-state index contributed by atoms with van der Waals surface area (Å²) >= 11 is -3.78. The molecule has 5 heteroatoms. The molecule has 0 aromatic heterocycles. The molecule has 1 radical (unpaired) electrons. The molecule has 0 N–H and O–H groups in total. The van der Waals surface area contributed by atoms with E-state index in [-0.39, 0.29) is 0 Å². The molecule has 0 rings (SSSR count). The molecule has 0 spiro atoms. The Hall–Kier alpha value is 1.58. The van der Waals surface area contributed by atoms with Crippen LogP contribution in [0.2, 0.25) is 29.6 Å². The molecule has 2 atom stereocenters. The average molecular weight is 427 g/mol. The maximum absolute atomic E-state index is 5.65. The van der Waals surface area contributed by atoms with Gasteiger partial charge >= 0.3 is 105 Å². The zero-order valence-electron chi connectivity index (χ0n) is 11.5. The summed E-state index contributed by atoms with van der Waals surface area (Å²) in [6, 6.07) is 0. The van der Waals surface area contributed by atoms with Gasteiger partial charge in [0.05, 0.1) is 0 Å². The van der Waals surface area contributed by atoms with Crippen molar-refractivity contribution in [2.24, 2.45) is 0 Å². The zero-order chi connectivity index (χ0) is 12.3. The molecule has 0 saturated heterocycles. The number of hydrogen-bond acceptors (Lipinski definition) is 2. The second kappa shape index (κ2) is 6.50. The Morgan fingerprint density at radius 3 is 1.20 bits per heavy atom. The molecular formula is C10H26BO2Sn2. The third-order valence-electron chi connectivity index (χ3n) is 2.96. The fraction of sp³-hybridized carbons (Fsp3) is 1.00. The molecular weight excluding hydrogens is 400 g/mol. The Bertz CT molecular complexity index is 167. The van der Waals surface area contributed by atoms with E-state index in [2.05, 4.69) is 43.5 Å². The van der Waals surface area contributed by atoms with Crippen molar-refractivity contribution < 1.29 is 9.31 Å². The Balaban J connectivity index is 3.81. The van der Waals surface area contributed by atoms with Crippen LogP contribution in [0.1, 0.15) is 13.8 Å². The van der Waals surface area contributed by atoms with Gasteiger partial charge in [-0.3, -0.25) is 0 Å². The van der Waals surface area contributed by atoms with Crippen LogP contribution in [0.3, 0.4) is 0 Å². The SMILES string of the molecule is C[CH](O[B]O[CH](C)[Sn]([CH3])([CH3])[CH3])[Sn]([CH3])([CH3])[CH3]. The first kappa shape index (κ1) is 16.6. The van der Waals surface area contributed by atoms with Gasteiger partial charge in [0.15, 0.2) is 0 Å². The Labute approximate surface area is 105 Å². The van der Waals surface area contributed by atoms with E-state index >= 15 is 0 Å². The van der Waals surface area contributed by atoms with Crippen LogP contribution in [-0.4, -0.2) is 52.7 Å². The molecule has 0 aliphatic carbocycles. The quantitative estimate of drug-likeness (QED) is 0.608. The van der Waals surface area contributed by atoms with Gasteiger partial charge in [0.25, 0.3) is 0 Å². The molecule has 0 aromatic carbocycles. The van der Waals surface area contributed by atoms with E-state index in [0.29, 0.717) is 8.24 Å². The summed E-state index contributed by atoms with van der Waals surface area (Å²) in [5, 5.41) is 0. The first-order valence-electron chi connectivity index (χ1n) is 5.67. The van der Waals surface area contributed by atoms with Gasteiger partial charge in [-0.2, -0.15) is 0 Å². The van der Waals surface area contributed by atoms with E-state index < -0.39 is 36.8 Å². The van der Waals surface area contributed by atoms with E-state index in [9.17, 15) is 0 Å². The molecule has 0 heterocycles. The monoisotopic (exact) mass is 429 g/mol. The van der Waals surface area contributed by atoms with Gasteiger partial charge in [0, 0.05) is 0 Å². The van der Waals surface area contributed by atoms with Crippen molar-refractivity contribution in [3.63, 3.8) is 0 Å². The standard InChI is InChI=1S/C4H8BO2.6CH3.2Sn/c1-3-6-5-7-4-2;;;;;;;;/h3-4H,1-2H3;6*1H3;;. The van der Waals surface area contributed by atoms with Crippen LogP contribution < -0.4 is 0 Å². The second-order valence-corrected chi connectivity index (χ2v) is 38.0. The Kier molecular flexibility index (Phi) is 7.18. The maximum atomic E-state index is 5.65. The van der Waals surface area contributed by atoms with Crippen LogP contribution in [0.15, 0.2) is 0 Å². The van der Waals surface area contributed by atoms with Crippen LogP contribution in [0.5, 0.6) is 0 Å². The third-order valence-corrected chi connectivity index (χ3v) is 17.7. The molecule has 0 bridgehead atoms. The number of rotatable bonds is 6. The summed E-state index contributed by atoms with van der Waals surface area (Å²) in [5.41, 5.74) is 0. The van der Waals surface area contributed by atoms with E-state index in [0.717, 1.165) is 0 Å². The minimum absolute atomic E-state index is 0.390. The van der Waals surface area contributed by atoms with Crippen LogP contribution in [0.4, 0.5) is 0 Å². The summed E-state index contributed by atoms with van der Waals surface area (Å²) in [6.45, 7) is 4.34. The first-order valence-corrected chi connectivity index (χ1v) is 26.1. The molecule has 15 heavy (non-hydrogen) atoms. The van der Waals surface area contributed by atoms with Crippen molar-refractivity contribution in [2.45, 2.75) is 51.7 Å². The number of hydrogen-bond donors (Lipinski definition) is 0. The van der Waals surface area contributed by atoms with E-state index in [4.69, 9.17) is 9.31 Å². The van der Waals surface area contributed by atoms with Gasteiger partial charge in [-0.05, 0) is 0 Å². The fourth-order valence-electron chi connectivity index (χ4n) is 0.607. The third kappa shape index (κ3) is 7.50. The molecule has 89 valence electrons. The average Bonchev–Trinajstić information content (AvgIpc) is 2.00. The predicted octanol–water partition coefficient (Wildman–Crippen LogP) is 3.09.